The summed E-state index contributed by atoms with van der Waals surface area (Å²) in [4.78, 5) is 7.07. The van der Waals surface area contributed by atoms with Crippen LogP contribution in [0.25, 0.3) is 11.0 Å². The van der Waals surface area contributed by atoms with Crippen LogP contribution in [-0.4, -0.2) is 18.4 Å². The van der Waals surface area contributed by atoms with Crippen LogP contribution >= 0.6 is 0 Å². The average molecular weight is 314 g/mol. The monoisotopic (exact) mass is 314 g/mol. The molecule has 4 nitrogen and oxygen atoms in total. The molecule has 5 heteroatoms. The first-order valence-electron chi connectivity index (χ1n) is 7.22. The fraction of sp³-hybridized carbons (Fsp3) is 0.235. The zero-order valence-electron chi connectivity index (χ0n) is 12.6. The van der Waals surface area contributed by atoms with Crippen molar-refractivity contribution < 1.29 is 8.42 Å². The second-order valence-electron chi connectivity index (χ2n) is 5.71. The molecule has 0 fully saturated rings. The fourth-order valence-corrected chi connectivity index (χ4v) is 3.63. The molecular formula is C17H18N2O2S. The molecule has 0 amide bonds. The Balaban J connectivity index is 1.89. The highest BCUT2D eigenvalue weighted by atomic mass is 32.2. The summed E-state index contributed by atoms with van der Waals surface area (Å²) in [6.07, 6.45) is 0. The second-order valence-corrected chi connectivity index (χ2v) is 7.62. The Hall–Kier alpha value is -2.14. The number of benzene rings is 2. The lowest BCUT2D eigenvalue weighted by Crippen LogP contribution is -2.07. The fourth-order valence-electron chi connectivity index (χ4n) is 2.36. The highest BCUT2D eigenvalue weighted by Gasteiger charge is 2.19. The summed E-state index contributed by atoms with van der Waals surface area (Å²) in [6.45, 7) is 4.22. The van der Waals surface area contributed by atoms with Gasteiger partial charge in [-0.3, -0.25) is 0 Å². The van der Waals surface area contributed by atoms with E-state index in [1.807, 2.05) is 42.5 Å². The lowest BCUT2D eigenvalue weighted by Gasteiger charge is -2.06. The van der Waals surface area contributed by atoms with E-state index in [-0.39, 0.29) is 10.9 Å². The maximum absolute atomic E-state index is 12.5. The van der Waals surface area contributed by atoms with E-state index < -0.39 is 9.84 Å². The largest absolute Gasteiger partial charge is 0.329 e. The zero-order chi connectivity index (χ0) is 15.7. The van der Waals surface area contributed by atoms with Gasteiger partial charge in [-0.15, -0.1) is 0 Å². The summed E-state index contributed by atoms with van der Waals surface area (Å²) in [6, 6.07) is 15.0. The number of hydrogen-bond donors (Lipinski definition) is 1. The van der Waals surface area contributed by atoms with Gasteiger partial charge in [0.2, 0.25) is 15.0 Å². The molecule has 0 bridgehead atoms. The van der Waals surface area contributed by atoms with Gasteiger partial charge < -0.3 is 4.98 Å². The lowest BCUT2D eigenvalue weighted by atomic mass is 10.0. The van der Waals surface area contributed by atoms with E-state index in [4.69, 9.17) is 0 Å². The molecular weight excluding hydrogens is 296 g/mol. The van der Waals surface area contributed by atoms with E-state index in [2.05, 4.69) is 23.8 Å². The van der Waals surface area contributed by atoms with Crippen LogP contribution in [0, 0.1) is 0 Å². The SMILES string of the molecule is CC(C)c1ccc(CS(=O)(=O)c2nc3ccccc3[nH]2)cc1. The third kappa shape index (κ3) is 2.90. The molecule has 0 aliphatic carbocycles. The molecule has 0 saturated carbocycles. The van der Waals surface area contributed by atoms with Gasteiger partial charge in [-0.05, 0) is 29.2 Å². The third-order valence-corrected chi connectivity index (χ3v) is 5.16. The molecule has 0 aliphatic rings. The van der Waals surface area contributed by atoms with Crippen molar-refractivity contribution in [2.75, 3.05) is 0 Å². The number of hydrogen-bond acceptors (Lipinski definition) is 3. The first kappa shape index (κ1) is 14.8. The Kier molecular flexibility index (Phi) is 3.74. The number of aromatic nitrogens is 2. The predicted octanol–water partition coefficient (Wildman–Crippen LogP) is 3.66. The van der Waals surface area contributed by atoms with Crippen LogP contribution < -0.4 is 0 Å². The van der Waals surface area contributed by atoms with Gasteiger partial charge in [-0.25, -0.2) is 13.4 Å². The molecule has 3 aromatic rings. The molecule has 0 spiro atoms. The number of para-hydroxylation sites is 2. The van der Waals surface area contributed by atoms with Crippen molar-refractivity contribution in [2.24, 2.45) is 0 Å². The maximum atomic E-state index is 12.5. The van der Waals surface area contributed by atoms with E-state index in [0.717, 1.165) is 11.1 Å². The van der Waals surface area contributed by atoms with Crippen molar-refractivity contribution in [1.82, 2.24) is 9.97 Å². The summed E-state index contributed by atoms with van der Waals surface area (Å²) in [7, 11) is -3.47. The average Bonchev–Trinajstić information content (AvgIpc) is 2.92. The highest BCUT2D eigenvalue weighted by Crippen LogP contribution is 2.20. The van der Waals surface area contributed by atoms with Crippen molar-refractivity contribution >= 4 is 20.9 Å². The Morgan fingerprint density at radius 3 is 2.36 bits per heavy atom. The van der Waals surface area contributed by atoms with Gasteiger partial charge in [-0.1, -0.05) is 50.2 Å². The Morgan fingerprint density at radius 1 is 1.05 bits per heavy atom. The number of aromatic amines is 1. The molecule has 0 atom stereocenters. The molecule has 1 heterocycles. The van der Waals surface area contributed by atoms with Crippen molar-refractivity contribution in [2.45, 2.75) is 30.7 Å². The summed E-state index contributed by atoms with van der Waals surface area (Å²) in [5.74, 6) is 0.381. The van der Waals surface area contributed by atoms with Gasteiger partial charge >= 0.3 is 0 Å². The molecule has 3 rings (SSSR count). The Bertz CT molecular complexity index is 861. The van der Waals surface area contributed by atoms with Gasteiger partial charge in [0, 0.05) is 0 Å². The summed E-state index contributed by atoms with van der Waals surface area (Å²) >= 11 is 0. The first-order chi connectivity index (χ1) is 10.5. The Labute approximate surface area is 130 Å². The van der Waals surface area contributed by atoms with E-state index in [1.165, 1.54) is 5.56 Å². The number of nitrogens with zero attached hydrogens (tertiary/aromatic N) is 1. The minimum atomic E-state index is -3.47. The van der Waals surface area contributed by atoms with E-state index in [0.29, 0.717) is 11.4 Å². The molecule has 22 heavy (non-hydrogen) atoms. The van der Waals surface area contributed by atoms with Crippen LogP contribution in [0.1, 0.15) is 30.9 Å². The molecule has 0 unspecified atom stereocenters. The van der Waals surface area contributed by atoms with Gasteiger partial charge in [0.25, 0.3) is 0 Å². The smallest absolute Gasteiger partial charge is 0.226 e. The van der Waals surface area contributed by atoms with Crippen molar-refractivity contribution in [3.63, 3.8) is 0 Å². The van der Waals surface area contributed by atoms with Crippen molar-refractivity contribution in [3.05, 3.63) is 59.7 Å². The highest BCUT2D eigenvalue weighted by molar-refractivity contribution is 7.90. The Morgan fingerprint density at radius 2 is 1.73 bits per heavy atom. The van der Waals surface area contributed by atoms with Crippen LogP contribution in [0.15, 0.2) is 53.7 Å². The number of sulfone groups is 1. The molecule has 114 valence electrons. The molecule has 0 saturated heterocycles. The summed E-state index contributed by atoms with van der Waals surface area (Å²) in [5, 5.41) is 0.0293. The molecule has 1 N–H and O–H groups in total. The lowest BCUT2D eigenvalue weighted by molar-refractivity contribution is 0.588. The second kappa shape index (κ2) is 5.57. The summed E-state index contributed by atoms with van der Waals surface area (Å²) < 4.78 is 25.0. The zero-order valence-corrected chi connectivity index (χ0v) is 13.4. The number of nitrogens with one attached hydrogen (secondary N) is 1. The van der Waals surface area contributed by atoms with E-state index in [1.54, 1.807) is 6.07 Å². The third-order valence-electron chi connectivity index (χ3n) is 3.67. The van der Waals surface area contributed by atoms with Crippen molar-refractivity contribution in [1.29, 1.82) is 0 Å². The van der Waals surface area contributed by atoms with Crippen LogP contribution in [0.2, 0.25) is 0 Å². The number of rotatable bonds is 4. The van der Waals surface area contributed by atoms with E-state index >= 15 is 0 Å². The molecule has 2 aromatic carbocycles. The molecule has 0 aliphatic heterocycles. The predicted molar refractivity (Wildman–Crippen MR) is 87.5 cm³/mol. The quantitative estimate of drug-likeness (QED) is 0.799. The van der Waals surface area contributed by atoms with Gasteiger partial charge in [-0.2, -0.15) is 0 Å². The topological polar surface area (TPSA) is 62.8 Å². The van der Waals surface area contributed by atoms with E-state index in [9.17, 15) is 8.42 Å². The van der Waals surface area contributed by atoms with Crippen LogP contribution in [0.4, 0.5) is 0 Å². The van der Waals surface area contributed by atoms with Gasteiger partial charge in [0.05, 0.1) is 16.8 Å². The minimum Gasteiger partial charge on any atom is -0.329 e. The van der Waals surface area contributed by atoms with Crippen LogP contribution in [-0.2, 0) is 15.6 Å². The molecule has 0 radical (unpaired) electrons. The number of H-pyrrole nitrogens is 1. The minimum absolute atomic E-state index is 0.0293. The number of imidazole rings is 1. The first-order valence-corrected chi connectivity index (χ1v) is 8.87. The number of fused-ring (bicyclic) bond motifs is 1. The van der Waals surface area contributed by atoms with Crippen molar-refractivity contribution in [3.8, 4) is 0 Å². The normalized spacial score (nSPS) is 12.1. The van der Waals surface area contributed by atoms with Gasteiger partial charge in [0.1, 0.15) is 0 Å². The molecule has 1 aromatic heterocycles. The van der Waals surface area contributed by atoms with Crippen LogP contribution in [0.5, 0.6) is 0 Å². The summed E-state index contributed by atoms with van der Waals surface area (Å²) in [5.41, 5.74) is 3.36. The standard InChI is InChI=1S/C17H18N2O2S/c1-12(2)14-9-7-13(8-10-14)11-22(20,21)17-18-15-5-3-4-6-16(15)19-17/h3-10,12H,11H2,1-2H3,(H,18,19). The maximum Gasteiger partial charge on any atom is 0.226 e. The van der Waals surface area contributed by atoms with Gasteiger partial charge in [0.15, 0.2) is 0 Å². The van der Waals surface area contributed by atoms with Crippen LogP contribution in [0.3, 0.4) is 0 Å².